The van der Waals surface area contributed by atoms with E-state index in [1.54, 1.807) is 0 Å². The van der Waals surface area contributed by atoms with E-state index >= 15 is 0 Å². The van der Waals surface area contributed by atoms with Gasteiger partial charge in [-0.1, -0.05) is 15.9 Å². The molecule has 0 saturated carbocycles. The lowest BCUT2D eigenvalue weighted by molar-refractivity contribution is -0.146. The number of esters is 1. The van der Waals surface area contributed by atoms with Crippen LogP contribution in [0.1, 0.15) is 18.1 Å². The predicted molar refractivity (Wildman–Crippen MR) is 74.1 cm³/mol. The molecule has 0 aromatic heterocycles. The molecule has 1 aromatic carbocycles. The molecule has 1 aliphatic heterocycles. The number of hydrogen-bond donors (Lipinski definition) is 1. The van der Waals surface area contributed by atoms with Crippen molar-refractivity contribution in [2.45, 2.75) is 25.9 Å². The zero-order valence-electron chi connectivity index (χ0n) is 10.6. The minimum absolute atomic E-state index is 0.202. The Bertz CT molecular complexity index is 476. The second-order valence-corrected chi connectivity index (χ2v) is 5.37. The third-order valence-corrected chi connectivity index (χ3v) is 4.25. The summed E-state index contributed by atoms with van der Waals surface area (Å²) in [5.74, 6) is -0.202. The molecule has 0 bridgehead atoms. The van der Waals surface area contributed by atoms with E-state index in [9.17, 15) is 4.79 Å². The Morgan fingerprint density at radius 3 is 2.89 bits per heavy atom. The van der Waals surface area contributed by atoms with Crippen LogP contribution in [-0.4, -0.2) is 30.6 Å². The first-order valence-corrected chi connectivity index (χ1v) is 6.71. The number of carbonyl (C=O) groups excluding carboxylic acids is 1. The van der Waals surface area contributed by atoms with Crippen molar-refractivity contribution >= 4 is 27.6 Å². The number of halogens is 1. The molecule has 2 rings (SSSR count). The van der Waals surface area contributed by atoms with Crippen molar-refractivity contribution < 1.29 is 9.53 Å². The summed E-state index contributed by atoms with van der Waals surface area (Å²) in [7, 11) is 1.42. The average Bonchev–Trinajstić information content (AvgIpc) is 2.41. The molecule has 1 heterocycles. The SMILES string of the molecule is COC(=O)C(C)N1CCc2c(Br)ccc(N)c2C1. The lowest BCUT2D eigenvalue weighted by Crippen LogP contribution is -2.43. The van der Waals surface area contributed by atoms with Gasteiger partial charge in [-0.05, 0) is 36.6 Å². The molecule has 1 atom stereocenters. The molecule has 98 valence electrons. The van der Waals surface area contributed by atoms with Crippen molar-refractivity contribution in [1.29, 1.82) is 0 Å². The number of nitrogens with two attached hydrogens (primary N) is 1. The first-order valence-electron chi connectivity index (χ1n) is 5.92. The van der Waals surface area contributed by atoms with Crippen LogP contribution in [0.4, 0.5) is 5.69 Å². The van der Waals surface area contributed by atoms with Gasteiger partial charge in [-0.3, -0.25) is 9.69 Å². The van der Waals surface area contributed by atoms with Gasteiger partial charge in [-0.15, -0.1) is 0 Å². The minimum atomic E-state index is -0.235. The Morgan fingerprint density at radius 1 is 1.50 bits per heavy atom. The van der Waals surface area contributed by atoms with Crippen molar-refractivity contribution in [3.8, 4) is 0 Å². The van der Waals surface area contributed by atoms with Gasteiger partial charge in [-0.25, -0.2) is 0 Å². The maximum Gasteiger partial charge on any atom is 0.322 e. The monoisotopic (exact) mass is 312 g/mol. The van der Waals surface area contributed by atoms with Crippen LogP contribution < -0.4 is 5.73 Å². The zero-order valence-corrected chi connectivity index (χ0v) is 12.2. The van der Waals surface area contributed by atoms with Crippen molar-refractivity contribution in [2.24, 2.45) is 0 Å². The highest BCUT2D eigenvalue weighted by molar-refractivity contribution is 9.10. The van der Waals surface area contributed by atoms with E-state index in [-0.39, 0.29) is 12.0 Å². The Morgan fingerprint density at radius 2 is 2.22 bits per heavy atom. The fourth-order valence-electron chi connectivity index (χ4n) is 2.33. The molecule has 5 heteroatoms. The fourth-order valence-corrected chi connectivity index (χ4v) is 2.90. The van der Waals surface area contributed by atoms with Crippen LogP contribution in [0.15, 0.2) is 16.6 Å². The molecule has 0 amide bonds. The van der Waals surface area contributed by atoms with Crippen LogP contribution in [0.5, 0.6) is 0 Å². The standard InChI is InChI=1S/C13H17BrN2O2/c1-8(13(17)18-2)16-6-5-9-10(7-16)12(15)4-3-11(9)14/h3-4,8H,5-7,15H2,1-2H3. The van der Waals surface area contributed by atoms with Crippen LogP contribution in [-0.2, 0) is 22.5 Å². The number of nitrogens with zero attached hydrogens (tertiary/aromatic N) is 1. The highest BCUT2D eigenvalue weighted by Gasteiger charge is 2.27. The van der Waals surface area contributed by atoms with E-state index in [1.165, 1.54) is 12.7 Å². The summed E-state index contributed by atoms with van der Waals surface area (Å²) in [4.78, 5) is 13.7. The van der Waals surface area contributed by atoms with E-state index < -0.39 is 0 Å². The number of methoxy groups -OCH3 is 1. The number of anilines is 1. The largest absolute Gasteiger partial charge is 0.468 e. The Kier molecular flexibility index (Phi) is 3.92. The summed E-state index contributed by atoms with van der Waals surface area (Å²) in [6.45, 7) is 3.40. The quantitative estimate of drug-likeness (QED) is 0.670. The molecule has 0 saturated heterocycles. The topological polar surface area (TPSA) is 55.6 Å². The third kappa shape index (κ3) is 2.37. The van der Waals surface area contributed by atoms with E-state index in [1.807, 2.05) is 19.1 Å². The maximum absolute atomic E-state index is 11.6. The van der Waals surface area contributed by atoms with Crippen molar-refractivity contribution in [2.75, 3.05) is 19.4 Å². The first kappa shape index (κ1) is 13.4. The smallest absolute Gasteiger partial charge is 0.322 e. The lowest BCUT2D eigenvalue weighted by Gasteiger charge is -2.33. The molecule has 0 fully saturated rings. The molecule has 18 heavy (non-hydrogen) atoms. The summed E-state index contributed by atoms with van der Waals surface area (Å²) in [5, 5.41) is 0. The van der Waals surface area contributed by atoms with Gasteiger partial charge in [0.05, 0.1) is 7.11 Å². The summed E-state index contributed by atoms with van der Waals surface area (Å²) in [5.41, 5.74) is 9.17. The number of nitrogen functional groups attached to an aromatic ring is 1. The van der Waals surface area contributed by atoms with E-state index in [0.717, 1.165) is 28.7 Å². The number of ether oxygens (including phenoxy) is 1. The molecule has 0 radical (unpaired) electrons. The number of hydrogen-bond acceptors (Lipinski definition) is 4. The molecule has 0 aliphatic carbocycles. The van der Waals surface area contributed by atoms with Gasteiger partial charge in [0.25, 0.3) is 0 Å². The van der Waals surface area contributed by atoms with E-state index in [2.05, 4.69) is 20.8 Å². The Balaban J connectivity index is 2.25. The van der Waals surface area contributed by atoms with Crippen LogP contribution in [0, 0.1) is 0 Å². The fraction of sp³-hybridized carbons (Fsp3) is 0.462. The molecular weight excluding hydrogens is 296 g/mol. The molecular formula is C13H17BrN2O2. The Labute approximate surface area is 115 Å². The van der Waals surface area contributed by atoms with Gasteiger partial charge in [-0.2, -0.15) is 0 Å². The second kappa shape index (κ2) is 5.28. The second-order valence-electron chi connectivity index (χ2n) is 4.51. The van der Waals surface area contributed by atoms with Crippen molar-refractivity contribution in [3.63, 3.8) is 0 Å². The van der Waals surface area contributed by atoms with Crippen LogP contribution in [0.3, 0.4) is 0 Å². The van der Waals surface area contributed by atoms with Gasteiger partial charge >= 0.3 is 5.97 Å². The highest BCUT2D eigenvalue weighted by atomic mass is 79.9. The lowest BCUT2D eigenvalue weighted by atomic mass is 9.97. The molecule has 1 aromatic rings. The zero-order chi connectivity index (χ0) is 13.3. The summed E-state index contributed by atoms with van der Waals surface area (Å²) < 4.78 is 5.88. The van der Waals surface area contributed by atoms with Crippen LogP contribution in [0.25, 0.3) is 0 Å². The van der Waals surface area contributed by atoms with Crippen molar-refractivity contribution in [3.05, 3.63) is 27.7 Å². The van der Waals surface area contributed by atoms with Crippen LogP contribution in [0.2, 0.25) is 0 Å². The van der Waals surface area contributed by atoms with E-state index in [0.29, 0.717) is 6.54 Å². The molecule has 2 N–H and O–H groups in total. The van der Waals surface area contributed by atoms with E-state index in [4.69, 9.17) is 10.5 Å². The maximum atomic E-state index is 11.6. The third-order valence-electron chi connectivity index (χ3n) is 3.51. The number of benzene rings is 1. The van der Waals surface area contributed by atoms with Gasteiger partial charge in [0.15, 0.2) is 0 Å². The number of carbonyl (C=O) groups is 1. The Hall–Kier alpha value is -1.07. The first-order chi connectivity index (χ1) is 8.54. The highest BCUT2D eigenvalue weighted by Crippen LogP contribution is 2.31. The van der Waals surface area contributed by atoms with Gasteiger partial charge in [0.2, 0.25) is 0 Å². The number of rotatable bonds is 2. The predicted octanol–water partition coefficient (Wildman–Crippen LogP) is 1.95. The summed E-state index contributed by atoms with van der Waals surface area (Å²) >= 11 is 3.55. The molecule has 4 nitrogen and oxygen atoms in total. The normalized spacial score (nSPS) is 17.1. The van der Waals surface area contributed by atoms with Gasteiger partial charge in [0, 0.05) is 23.2 Å². The summed E-state index contributed by atoms with van der Waals surface area (Å²) in [6, 6.07) is 3.64. The molecule has 0 spiro atoms. The minimum Gasteiger partial charge on any atom is -0.468 e. The van der Waals surface area contributed by atoms with Crippen molar-refractivity contribution in [1.82, 2.24) is 4.90 Å². The van der Waals surface area contributed by atoms with Gasteiger partial charge < -0.3 is 10.5 Å². The number of fused-ring (bicyclic) bond motifs is 1. The van der Waals surface area contributed by atoms with Gasteiger partial charge in [0.1, 0.15) is 6.04 Å². The molecule has 1 aliphatic rings. The van der Waals surface area contributed by atoms with Crippen LogP contribution >= 0.6 is 15.9 Å². The average molecular weight is 313 g/mol. The summed E-state index contributed by atoms with van der Waals surface area (Å²) in [6.07, 6.45) is 0.891. The molecule has 1 unspecified atom stereocenters.